The predicted molar refractivity (Wildman–Crippen MR) is 74.1 cm³/mol. The zero-order valence-electron chi connectivity index (χ0n) is 9.56. The molecule has 0 saturated carbocycles. The summed E-state index contributed by atoms with van der Waals surface area (Å²) in [4.78, 5) is 4.34. The van der Waals surface area contributed by atoms with Gasteiger partial charge in [0.05, 0.1) is 0 Å². The van der Waals surface area contributed by atoms with Crippen LogP contribution in [-0.4, -0.2) is 15.3 Å². The van der Waals surface area contributed by atoms with Gasteiger partial charge in [0.2, 0.25) is 0 Å². The van der Waals surface area contributed by atoms with Crippen molar-refractivity contribution in [3.8, 4) is 5.69 Å². The second-order valence-corrected chi connectivity index (χ2v) is 5.18. The van der Waals surface area contributed by atoms with Crippen molar-refractivity contribution in [2.45, 2.75) is 12.1 Å². The Morgan fingerprint density at radius 3 is 3.06 bits per heavy atom. The highest BCUT2D eigenvalue weighted by Crippen LogP contribution is 2.23. The molecule has 0 bridgehead atoms. The molecular weight excluding hydrogens is 252 g/mol. The third-order valence-electron chi connectivity index (χ3n) is 2.14. The first-order valence-electron chi connectivity index (χ1n) is 5.23. The van der Waals surface area contributed by atoms with Crippen LogP contribution in [0.1, 0.15) is 6.92 Å². The van der Waals surface area contributed by atoms with Gasteiger partial charge in [-0.1, -0.05) is 41.6 Å². The Labute approximate surface area is 110 Å². The Morgan fingerprint density at radius 1 is 1.53 bits per heavy atom. The van der Waals surface area contributed by atoms with E-state index in [1.165, 1.54) is 0 Å². The highest BCUT2D eigenvalue weighted by molar-refractivity contribution is 7.99. The first kappa shape index (κ1) is 12.3. The van der Waals surface area contributed by atoms with Crippen molar-refractivity contribution in [1.29, 1.82) is 0 Å². The van der Waals surface area contributed by atoms with Crippen molar-refractivity contribution in [2.75, 3.05) is 5.75 Å². The number of imidazole rings is 1. The molecule has 0 fully saturated rings. The molecule has 1 heterocycles. The van der Waals surface area contributed by atoms with Gasteiger partial charge in [0, 0.05) is 28.9 Å². The van der Waals surface area contributed by atoms with Gasteiger partial charge in [-0.3, -0.25) is 4.57 Å². The lowest BCUT2D eigenvalue weighted by molar-refractivity contribution is 0.896. The van der Waals surface area contributed by atoms with Crippen LogP contribution in [-0.2, 0) is 0 Å². The van der Waals surface area contributed by atoms with E-state index in [-0.39, 0.29) is 0 Å². The van der Waals surface area contributed by atoms with Crippen LogP contribution in [0.2, 0.25) is 5.02 Å². The highest BCUT2D eigenvalue weighted by atomic mass is 35.5. The number of benzene rings is 1. The summed E-state index contributed by atoms with van der Waals surface area (Å²) in [5, 5.41) is 1.68. The van der Waals surface area contributed by atoms with Crippen molar-refractivity contribution in [3.05, 3.63) is 53.8 Å². The van der Waals surface area contributed by atoms with Gasteiger partial charge in [0.15, 0.2) is 5.16 Å². The van der Waals surface area contributed by atoms with E-state index in [4.69, 9.17) is 11.6 Å². The summed E-state index contributed by atoms with van der Waals surface area (Å²) < 4.78 is 2.03. The van der Waals surface area contributed by atoms with Crippen LogP contribution in [0.3, 0.4) is 0 Å². The summed E-state index contributed by atoms with van der Waals surface area (Å²) in [6, 6.07) is 7.74. The number of hydrogen-bond donors (Lipinski definition) is 0. The van der Waals surface area contributed by atoms with Crippen LogP contribution in [0.25, 0.3) is 5.69 Å². The fourth-order valence-electron chi connectivity index (χ4n) is 1.41. The summed E-state index contributed by atoms with van der Waals surface area (Å²) in [5.74, 6) is 0.873. The number of hydrogen-bond acceptors (Lipinski definition) is 2. The largest absolute Gasteiger partial charge is 0.295 e. The van der Waals surface area contributed by atoms with Crippen LogP contribution in [0, 0.1) is 0 Å². The van der Waals surface area contributed by atoms with Crippen LogP contribution in [0.5, 0.6) is 0 Å². The molecule has 0 N–H and O–H groups in total. The maximum atomic E-state index is 5.99. The maximum Gasteiger partial charge on any atom is 0.172 e. The molecule has 0 spiro atoms. The monoisotopic (exact) mass is 264 g/mol. The first-order valence-corrected chi connectivity index (χ1v) is 6.59. The van der Waals surface area contributed by atoms with Crippen LogP contribution in [0.15, 0.2) is 54.0 Å². The molecule has 0 aliphatic rings. The Hall–Kier alpha value is -1.19. The van der Waals surface area contributed by atoms with Gasteiger partial charge in [-0.25, -0.2) is 4.98 Å². The predicted octanol–water partition coefficient (Wildman–Crippen LogP) is 4.19. The lowest BCUT2D eigenvalue weighted by Crippen LogP contribution is -1.95. The van der Waals surface area contributed by atoms with Crippen LogP contribution in [0.4, 0.5) is 0 Å². The Morgan fingerprint density at radius 2 is 2.35 bits per heavy atom. The zero-order chi connectivity index (χ0) is 12.3. The van der Waals surface area contributed by atoms with Gasteiger partial charge >= 0.3 is 0 Å². The molecule has 0 unspecified atom stereocenters. The molecule has 1 aromatic heterocycles. The smallest absolute Gasteiger partial charge is 0.172 e. The molecule has 0 aliphatic heterocycles. The summed E-state index contributed by atoms with van der Waals surface area (Å²) in [7, 11) is 0. The average Bonchev–Trinajstić information content (AvgIpc) is 2.74. The third kappa shape index (κ3) is 3.14. The molecule has 88 valence electrons. The SMILES string of the molecule is C=C(C)CSc1nccn1-c1cccc(Cl)c1. The standard InChI is InChI=1S/C13H13ClN2S/c1-10(2)9-17-13-15-6-7-16(13)12-5-3-4-11(14)8-12/h3-8H,1,9H2,2H3. The van der Waals surface area contributed by atoms with E-state index in [1.54, 1.807) is 18.0 Å². The summed E-state index contributed by atoms with van der Waals surface area (Å²) in [6.07, 6.45) is 3.73. The number of nitrogens with zero attached hydrogens (tertiary/aromatic N) is 2. The summed E-state index contributed by atoms with van der Waals surface area (Å²) in [5.41, 5.74) is 2.16. The minimum atomic E-state index is 0.729. The van der Waals surface area contributed by atoms with E-state index in [1.807, 2.05) is 42.0 Å². The van der Waals surface area contributed by atoms with Crippen molar-refractivity contribution in [3.63, 3.8) is 0 Å². The molecule has 2 aromatic rings. The molecule has 1 aromatic carbocycles. The van der Waals surface area contributed by atoms with Crippen LogP contribution < -0.4 is 0 Å². The quantitative estimate of drug-likeness (QED) is 0.609. The minimum absolute atomic E-state index is 0.729. The molecule has 0 saturated heterocycles. The molecule has 4 heteroatoms. The minimum Gasteiger partial charge on any atom is -0.295 e. The van der Waals surface area contributed by atoms with E-state index in [2.05, 4.69) is 11.6 Å². The fourth-order valence-corrected chi connectivity index (χ4v) is 2.41. The second-order valence-electron chi connectivity index (χ2n) is 3.81. The van der Waals surface area contributed by atoms with Crippen molar-refractivity contribution >= 4 is 23.4 Å². The lowest BCUT2D eigenvalue weighted by atomic mass is 10.3. The van der Waals surface area contributed by atoms with Crippen molar-refractivity contribution < 1.29 is 0 Å². The van der Waals surface area contributed by atoms with Crippen molar-refractivity contribution in [2.24, 2.45) is 0 Å². The normalized spacial score (nSPS) is 10.5. The number of thioether (sulfide) groups is 1. The molecule has 0 aliphatic carbocycles. The van der Waals surface area contributed by atoms with E-state index in [0.717, 1.165) is 27.2 Å². The maximum absolute atomic E-state index is 5.99. The Bertz CT molecular complexity index is 534. The van der Waals surface area contributed by atoms with Gasteiger partial charge in [0.25, 0.3) is 0 Å². The average molecular weight is 265 g/mol. The lowest BCUT2D eigenvalue weighted by Gasteiger charge is -2.07. The van der Waals surface area contributed by atoms with E-state index in [0.29, 0.717) is 0 Å². The zero-order valence-corrected chi connectivity index (χ0v) is 11.1. The van der Waals surface area contributed by atoms with Crippen LogP contribution >= 0.6 is 23.4 Å². The van der Waals surface area contributed by atoms with E-state index < -0.39 is 0 Å². The Kier molecular flexibility index (Phi) is 3.92. The first-order chi connectivity index (χ1) is 8.16. The fraction of sp³-hybridized carbons (Fsp3) is 0.154. The number of halogens is 1. The summed E-state index contributed by atoms with van der Waals surface area (Å²) in [6.45, 7) is 5.91. The second kappa shape index (κ2) is 5.43. The summed E-state index contributed by atoms with van der Waals surface area (Å²) >= 11 is 7.66. The molecule has 2 rings (SSSR count). The molecule has 0 radical (unpaired) electrons. The van der Waals surface area contributed by atoms with Gasteiger partial charge in [0.1, 0.15) is 0 Å². The molecule has 0 atom stereocenters. The van der Waals surface area contributed by atoms with Crippen molar-refractivity contribution in [1.82, 2.24) is 9.55 Å². The molecular formula is C13H13ClN2S. The molecule has 17 heavy (non-hydrogen) atoms. The van der Waals surface area contributed by atoms with E-state index >= 15 is 0 Å². The molecule has 2 nitrogen and oxygen atoms in total. The Balaban J connectivity index is 2.27. The van der Waals surface area contributed by atoms with Gasteiger partial charge < -0.3 is 0 Å². The van der Waals surface area contributed by atoms with Gasteiger partial charge in [-0.15, -0.1) is 0 Å². The number of rotatable bonds is 4. The molecule has 0 amide bonds. The highest BCUT2D eigenvalue weighted by Gasteiger charge is 2.05. The topological polar surface area (TPSA) is 17.8 Å². The third-order valence-corrected chi connectivity index (χ3v) is 3.57. The number of aromatic nitrogens is 2. The van der Waals surface area contributed by atoms with E-state index in [9.17, 15) is 0 Å². The van der Waals surface area contributed by atoms with Gasteiger partial charge in [-0.2, -0.15) is 0 Å². The van der Waals surface area contributed by atoms with Gasteiger partial charge in [-0.05, 0) is 25.1 Å².